The van der Waals surface area contributed by atoms with Gasteiger partial charge >= 0.3 is 18.5 Å². The molecule has 38 heteroatoms. The molecule has 1 aliphatic heterocycles. The summed E-state index contributed by atoms with van der Waals surface area (Å²) in [5.74, 6) is 1.17. The summed E-state index contributed by atoms with van der Waals surface area (Å²) in [5.41, 5.74) is 4.29. The highest BCUT2D eigenvalue weighted by Crippen LogP contribution is 2.54. The molecule has 21 nitrogen and oxygen atoms in total. The van der Waals surface area contributed by atoms with Gasteiger partial charge in [0.2, 0.25) is 23.8 Å². The number of halogens is 11. The predicted octanol–water partition coefficient (Wildman–Crippen LogP) is 25.1. The van der Waals surface area contributed by atoms with Crippen molar-refractivity contribution in [1.29, 1.82) is 0 Å². The number of alkyl halides is 9. The second-order valence-electron chi connectivity index (χ2n) is 32.1. The van der Waals surface area contributed by atoms with E-state index in [1.165, 1.54) is 25.4 Å². The second-order valence-corrected chi connectivity index (χ2v) is 48.0. The third-order valence-corrected chi connectivity index (χ3v) is 34.3. The number of hydrogen-bond acceptors (Lipinski definition) is 22. The molecule has 0 atom stereocenters. The maximum atomic E-state index is 14.5. The fourth-order valence-corrected chi connectivity index (χ4v) is 23.9. The normalized spacial score (nSPS) is 12.4. The Bertz CT molecular complexity index is 6370. The number of amides is 1. The Labute approximate surface area is 785 Å². The van der Waals surface area contributed by atoms with E-state index in [1.807, 2.05) is 150 Å². The smallest absolute Gasteiger partial charge is 0.421 e. The van der Waals surface area contributed by atoms with Crippen molar-refractivity contribution in [2.24, 2.45) is 0 Å². The van der Waals surface area contributed by atoms with Crippen LogP contribution in [-0.2, 0) is 54.5 Å². The molecule has 0 aliphatic carbocycles. The van der Waals surface area contributed by atoms with Gasteiger partial charge < -0.3 is 64.5 Å². The van der Waals surface area contributed by atoms with Crippen LogP contribution in [-0.4, -0.2) is 106 Å². The third-order valence-electron chi connectivity index (χ3n) is 21.3. The standard InChI is InChI=1S/C28H28F3N4OP.C24H26F3N4O3P.C23H27ClN3O2PS.C20H18ClF3N3OPS/c1-3-20(4-2)33-26-25(28(29,30)31)19-32-27(35-26)34-21-15-17-24(18-16-21)37(36,22-11-7-5-8-12-22)23-13-9-6-10-14-23;1-33-20-11-15-9-10-31(14-16(15)12-21(20)34-2)22-19(24(25,26)27)13-28-23(30-22)29-17-5-7-18(8-6-17)35(3,4)32;1-14(2)30(29,15(3)4)19-8-6-18(7-9-19)27-23-22(24)20(10-11-25-23)17-12-21(31-13-17)26-16(5)28;1-12-10-13(21)4-9-17(12)30-18-16(20(22,23)24)11-25-19(27-18)26-14-5-7-15(8-6-14)29(2,3)28/h5-20H,3-4H2,1-2H3,(H2,32,33,34,35);5-8,11-13H,9-10,14H2,1-4H3,(H,28,29,30);6-15H,1-5H3,(H,25,27)(H,26,28);4-11H,1-3H3,(H,25,26,27). The molecule has 700 valence electrons. The van der Waals surface area contributed by atoms with Crippen molar-refractivity contribution in [3.8, 4) is 22.6 Å². The van der Waals surface area contributed by atoms with Crippen molar-refractivity contribution in [2.45, 2.75) is 127 Å². The number of nitrogens with zero attached hydrogens (tertiary/aromatic N) is 8. The monoisotopic (exact) mass is 1980 g/mol. The summed E-state index contributed by atoms with van der Waals surface area (Å²) in [6.45, 7) is 22.4. The van der Waals surface area contributed by atoms with Crippen LogP contribution in [0, 0.1) is 6.92 Å². The third kappa shape index (κ3) is 26.3. The summed E-state index contributed by atoms with van der Waals surface area (Å²) >= 11 is 14.9. The molecule has 1 amide bonds. The molecular weight excluding hydrogens is 1880 g/mol. The van der Waals surface area contributed by atoms with Gasteiger partial charge in [0.25, 0.3) is 0 Å². The number of thiophene rings is 1. The van der Waals surface area contributed by atoms with Gasteiger partial charge in [-0.2, -0.15) is 49.5 Å². The van der Waals surface area contributed by atoms with Crippen LogP contribution in [0.5, 0.6) is 11.5 Å². The van der Waals surface area contributed by atoms with Gasteiger partial charge in [-0.1, -0.05) is 137 Å². The molecule has 0 bridgehead atoms. The fraction of sp³-hybridized carbons (Fsp3) is 0.263. The Kier molecular flexibility index (Phi) is 33.9. The van der Waals surface area contributed by atoms with Crippen molar-refractivity contribution in [2.75, 3.05) is 84.2 Å². The van der Waals surface area contributed by atoms with Gasteiger partial charge in [0.05, 0.1) is 24.2 Å². The summed E-state index contributed by atoms with van der Waals surface area (Å²) in [6.07, 6.45) is -7.90. The molecule has 0 unspecified atom stereocenters. The van der Waals surface area contributed by atoms with Crippen molar-refractivity contribution in [3.05, 3.63) is 274 Å². The predicted molar refractivity (Wildman–Crippen MR) is 525 cm³/mol. The Balaban J connectivity index is 0.000000171. The highest BCUT2D eigenvalue weighted by atomic mass is 35.5. The lowest BCUT2D eigenvalue weighted by Crippen LogP contribution is -2.33. The molecule has 8 aromatic carbocycles. The molecule has 13 aromatic rings. The number of nitrogens with one attached hydrogen (secondary N) is 6. The van der Waals surface area contributed by atoms with Crippen LogP contribution in [0.25, 0.3) is 11.1 Å². The number of aromatic nitrogens is 7. The molecule has 6 heterocycles. The Morgan fingerprint density at radius 2 is 0.977 bits per heavy atom. The van der Waals surface area contributed by atoms with Crippen LogP contribution >= 0.6 is 74.9 Å². The minimum Gasteiger partial charge on any atom is -0.493 e. The van der Waals surface area contributed by atoms with Crippen molar-refractivity contribution in [3.63, 3.8) is 0 Å². The van der Waals surface area contributed by atoms with Gasteiger partial charge in [-0.05, 0) is 215 Å². The Hall–Kier alpha value is -11.1. The summed E-state index contributed by atoms with van der Waals surface area (Å²) < 4.78 is 186. The first-order chi connectivity index (χ1) is 62.8. The lowest BCUT2D eigenvalue weighted by atomic mass is 9.98. The lowest BCUT2D eigenvalue weighted by molar-refractivity contribution is -0.140. The Morgan fingerprint density at radius 1 is 0.526 bits per heavy atom. The maximum absolute atomic E-state index is 14.5. The minimum atomic E-state index is -4.61. The number of carbonyl (C=O) groups excluding carboxylic acids is 1. The van der Waals surface area contributed by atoms with Crippen LogP contribution in [0.4, 0.5) is 103 Å². The van der Waals surface area contributed by atoms with Crippen LogP contribution in [0.3, 0.4) is 0 Å². The summed E-state index contributed by atoms with van der Waals surface area (Å²) in [5, 5.41) is 25.6. The lowest BCUT2D eigenvalue weighted by Gasteiger charge is -2.32. The van der Waals surface area contributed by atoms with Crippen molar-refractivity contribution in [1.82, 2.24) is 34.9 Å². The molecular formula is C95H99Cl2F9N14O7P4S2. The topological polar surface area (TPSA) is 269 Å². The molecule has 0 saturated heterocycles. The first-order valence-electron chi connectivity index (χ1n) is 41.7. The molecule has 133 heavy (non-hydrogen) atoms. The van der Waals surface area contributed by atoms with E-state index in [0.717, 1.165) is 74.2 Å². The molecule has 0 fully saturated rings. The van der Waals surface area contributed by atoms with E-state index in [9.17, 15) is 62.6 Å². The molecule has 1 aliphatic rings. The number of benzene rings is 8. The van der Waals surface area contributed by atoms with Gasteiger partial charge in [0.1, 0.15) is 60.6 Å². The minimum absolute atomic E-state index is 0.0287. The zero-order chi connectivity index (χ0) is 96.7. The quantitative estimate of drug-likeness (QED) is 0.0159. The highest BCUT2D eigenvalue weighted by Gasteiger charge is 2.41. The van der Waals surface area contributed by atoms with Gasteiger partial charge in [-0.25, -0.2) is 24.9 Å². The summed E-state index contributed by atoms with van der Waals surface area (Å²) in [7, 11) is -7.37. The van der Waals surface area contributed by atoms with Crippen LogP contribution in [0.1, 0.15) is 94.7 Å². The highest BCUT2D eigenvalue weighted by molar-refractivity contribution is 7.99. The SMILES string of the molecule is CC(=O)Nc1cc(-c2ccnc(Nc3ccc(P(=O)(C(C)C)C(C)C)cc3)c2Cl)cs1.CCC(CC)Nc1nc(Nc2ccc(P(=O)(c3ccccc3)c3ccccc3)cc2)ncc1C(F)(F)F.COc1cc2c(cc1OC)CN(c1nc(Nc3ccc(P(C)(C)=O)cc3)ncc1C(F)(F)F)CC2.Cc1cc(Cl)ccc1Sc1nc(Nc2ccc(P(C)(C)=O)cc2)ncc1C(F)(F)F. The van der Waals surface area contributed by atoms with Crippen LogP contribution < -0.4 is 78.1 Å². The molecule has 6 N–H and O–H groups in total. The van der Waals surface area contributed by atoms with Gasteiger partial charge in [-0.3, -0.25) is 4.79 Å². The zero-order valence-electron chi connectivity index (χ0n) is 74.9. The second kappa shape index (κ2) is 44.0. The van der Waals surface area contributed by atoms with E-state index in [0.29, 0.717) is 102 Å². The van der Waals surface area contributed by atoms with Gasteiger partial charge in [-0.15, -0.1) is 11.3 Å². The average molecular weight is 1980 g/mol. The first-order valence-corrected chi connectivity index (χ1v) is 53.0. The number of anilines is 11. The number of rotatable bonds is 27. The largest absolute Gasteiger partial charge is 0.493 e. The molecule has 0 spiro atoms. The molecule has 14 rings (SSSR count). The van der Waals surface area contributed by atoms with Crippen LogP contribution in [0.2, 0.25) is 10.0 Å². The maximum Gasteiger partial charge on any atom is 0.421 e. The van der Waals surface area contributed by atoms with E-state index >= 15 is 0 Å². The number of methoxy groups -OCH3 is 2. The van der Waals surface area contributed by atoms with Gasteiger partial charge in [0, 0.05) is 138 Å². The van der Waals surface area contributed by atoms with E-state index in [4.69, 9.17) is 32.7 Å². The van der Waals surface area contributed by atoms with Crippen molar-refractivity contribution < 1.29 is 72.0 Å². The first kappa shape index (κ1) is 102. The van der Waals surface area contributed by atoms with Crippen molar-refractivity contribution >= 4 is 176 Å². The van der Waals surface area contributed by atoms with E-state index < -0.39 is 63.8 Å². The number of carbonyl (C=O) groups is 1. The molecule has 0 radical (unpaired) electrons. The number of fused-ring (bicyclic) bond motifs is 1. The van der Waals surface area contributed by atoms with Crippen LogP contribution in [0.15, 0.2) is 240 Å². The number of hydrogen-bond donors (Lipinski definition) is 6. The molecule has 5 aromatic heterocycles. The number of aryl methyl sites for hydroxylation is 1. The van der Waals surface area contributed by atoms with E-state index in [2.05, 4.69) is 66.8 Å². The fourth-order valence-electron chi connectivity index (χ4n) is 14.2. The van der Waals surface area contributed by atoms with E-state index in [1.54, 1.807) is 149 Å². The average Bonchev–Trinajstić information content (AvgIpc) is 1.27. The number of ether oxygens (including phenoxy) is 2. The van der Waals surface area contributed by atoms with Gasteiger partial charge in [0.15, 0.2) is 18.6 Å². The Morgan fingerprint density at radius 3 is 1.44 bits per heavy atom. The molecule has 0 saturated carbocycles. The van der Waals surface area contributed by atoms with E-state index in [-0.39, 0.29) is 64.3 Å². The zero-order valence-corrected chi connectivity index (χ0v) is 81.6. The number of pyridine rings is 1. The summed E-state index contributed by atoms with van der Waals surface area (Å²) in [6, 6.07) is 59.1. The summed E-state index contributed by atoms with van der Waals surface area (Å²) in [4.78, 5) is 41.9.